The monoisotopic (exact) mass is 284 g/mol. The summed E-state index contributed by atoms with van der Waals surface area (Å²) in [5.41, 5.74) is 0.725. The molecule has 1 aliphatic heterocycles. The lowest BCUT2D eigenvalue weighted by molar-refractivity contribution is 0.0439. The van der Waals surface area contributed by atoms with E-state index >= 15 is 0 Å². The largest absolute Gasteiger partial charge is 0.392 e. The SMILES string of the molecule is CCCOC1CCCN(c2cc(CO)c(Cl)cn2)C1. The predicted molar refractivity (Wildman–Crippen MR) is 76.6 cm³/mol. The average Bonchev–Trinajstić information content (AvgIpc) is 2.46. The molecule has 19 heavy (non-hydrogen) atoms. The molecule has 1 atom stereocenters. The Morgan fingerprint density at radius 1 is 1.58 bits per heavy atom. The topological polar surface area (TPSA) is 45.6 Å². The van der Waals surface area contributed by atoms with Crippen molar-refractivity contribution in [1.82, 2.24) is 4.98 Å². The molecule has 4 nitrogen and oxygen atoms in total. The van der Waals surface area contributed by atoms with Gasteiger partial charge in [0.2, 0.25) is 0 Å². The molecule has 1 N–H and O–H groups in total. The van der Waals surface area contributed by atoms with Crippen molar-refractivity contribution < 1.29 is 9.84 Å². The van der Waals surface area contributed by atoms with Crippen molar-refractivity contribution in [2.24, 2.45) is 0 Å². The van der Waals surface area contributed by atoms with Crippen LogP contribution in [0.4, 0.5) is 5.82 Å². The van der Waals surface area contributed by atoms with Crippen LogP contribution >= 0.6 is 11.6 Å². The summed E-state index contributed by atoms with van der Waals surface area (Å²) in [6, 6.07) is 1.87. The van der Waals surface area contributed by atoms with E-state index in [1.807, 2.05) is 6.07 Å². The summed E-state index contributed by atoms with van der Waals surface area (Å²) in [7, 11) is 0. The summed E-state index contributed by atoms with van der Waals surface area (Å²) in [6.45, 7) is 4.71. The van der Waals surface area contributed by atoms with E-state index in [2.05, 4.69) is 16.8 Å². The summed E-state index contributed by atoms with van der Waals surface area (Å²) < 4.78 is 5.82. The van der Waals surface area contributed by atoms with E-state index in [1.165, 1.54) is 0 Å². The Kier molecular flexibility index (Phi) is 5.43. The molecule has 0 bridgehead atoms. The molecule has 2 rings (SSSR count). The van der Waals surface area contributed by atoms with Crippen LogP contribution in [0.2, 0.25) is 5.02 Å². The third-order valence-electron chi connectivity index (χ3n) is 3.35. The Balaban J connectivity index is 2.04. The molecule has 0 radical (unpaired) electrons. The minimum Gasteiger partial charge on any atom is -0.392 e. The van der Waals surface area contributed by atoms with Gasteiger partial charge in [0.25, 0.3) is 0 Å². The molecule has 1 aromatic rings. The lowest BCUT2D eigenvalue weighted by Gasteiger charge is -2.33. The molecule has 0 aliphatic carbocycles. The van der Waals surface area contributed by atoms with Gasteiger partial charge in [-0.15, -0.1) is 0 Å². The van der Waals surface area contributed by atoms with Gasteiger partial charge in [-0.2, -0.15) is 0 Å². The first-order valence-corrected chi connectivity index (χ1v) is 7.24. The second-order valence-electron chi connectivity index (χ2n) is 4.87. The van der Waals surface area contributed by atoms with Crippen LogP contribution in [-0.4, -0.2) is 35.9 Å². The van der Waals surface area contributed by atoms with Crippen LogP contribution in [0.15, 0.2) is 12.3 Å². The molecule has 0 aromatic carbocycles. The number of halogens is 1. The fourth-order valence-corrected chi connectivity index (χ4v) is 2.49. The molecule has 1 saturated heterocycles. The Morgan fingerprint density at radius 3 is 3.16 bits per heavy atom. The predicted octanol–water partition coefficient (Wildman–Crippen LogP) is 2.62. The van der Waals surface area contributed by atoms with E-state index in [1.54, 1.807) is 6.20 Å². The van der Waals surface area contributed by atoms with E-state index in [4.69, 9.17) is 16.3 Å². The van der Waals surface area contributed by atoms with E-state index < -0.39 is 0 Å². The third-order valence-corrected chi connectivity index (χ3v) is 3.69. The summed E-state index contributed by atoms with van der Waals surface area (Å²) in [4.78, 5) is 6.56. The second kappa shape index (κ2) is 7.08. The number of piperidine rings is 1. The number of rotatable bonds is 5. The third kappa shape index (κ3) is 3.81. The minimum absolute atomic E-state index is 0.0576. The van der Waals surface area contributed by atoms with Crippen LogP contribution in [0.25, 0.3) is 0 Å². The number of aliphatic hydroxyl groups is 1. The van der Waals surface area contributed by atoms with Gasteiger partial charge in [-0.05, 0) is 25.3 Å². The normalized spacial score (nSPS) is 19.7. The van der Waals surface area contributed by atoms with Crippen molar-refractivity contribution in [1.29, 1.82) is 0 Å². The Morgan fingerprint density at radius 2 is 2.42 bits per heavy atom. The summed E-state index contributed by atoms with van der Waals surface area (Å²) in [5, 5.41) is 9.77. The van der Waals surface area contributed by atoms with E-state index in [0.29, 0.717) is 5.02 Å². The molecule has 2 heterocycles. The van der Waals surface area contributed by atoms with Crippen molar-refractivity contribution in [3.05, 3.63) is 22.8 Å². The molecule has 106 valence electrons. The summed E-state index contributed by atoms with van der Waals surface area (Å²) >= 11 is 5.97. The highest BCUT2D eigenvalue weighted by Gasteiger charge is 2.21. The van der Waals surface area contributed by atoms with Crippen LogP contribution < -0.4 is 4.90 Å². The highest BCUT2D eigenvalue weighted by atomic mass is 35.5. The maximum absolute atomic E-state index is 9.25. The van der Waals surface area contributed by atoms with Gasteiger partial charge in [-0.1, -0.05) is 18.5 Å². The maximum atomic E-state index is 9.25. The second-order valence-corrected chi connectivity index (χ2v) is 5.28. The van der Waals surface area contributed by atoms with Crippen LogP contribution in [0.3, 0.4) is 0 Å². The van der Waals surface area contributed by atoms with Crippen LogP contribution in [0, 0.1) is 0 Å². The number of ether oxygens (including phenoxy) is 1. The van der Waals surface area contributed by atoms with E-state index in [9.17, 15) is 5.11 Å². The highest BCUT2D eigenvalue weighted by Crippen LogP contribution is 2.24. The lowest BCUT2D eigenvalue weighted by atomic mass is 10.1. The first-order valence-electron chi connectivity index (χ1n) is 6.86. The molecule has 1 fully saturated rings. The number of hydrogen-bond acceptors (Lipinski definition) is 4. The number of aromatic nitrogens is 1. The van der Waals surface area contributed by atoms with E-state index in [0.717, 1.165) is 50.3 Å². The zero-order valence-corrected chi connectivity index (χ0v) is 12.1. The quantitative estimate of drug-likeness (QED) is 0.903. The maximum Gasteiger partial charge on any atom is 0.129 e. The average molecular weight is 285 g/mol. The van der Waals surface area contributed by atoms with Crippen molar-refractivity contribution >= 4 is 17.4 Å². The molecule has 0 saturated carbocycles. The van der Waals surface area contributed by atoms with Crippen molar-refractivity contribution in [2.45, 2.75) is 38.9 Å². The molecule has 1 unspecified atom stereocenters. The number of anilines is 1. The van der Waals surface area contributed by atoms with Crippen molar-refractivity contribution in [3.63, 3.8) is 0 Å². The van der Waals surface area contributed by atoms with Gasteiger partial charge in [0.1, 0.15) is 5.82 Å². The molecule has 1 aliphatic rings. The van der Waals surface area contributed by atoms with Gasteiger partial charge in [-0.25, -0.2) is 4.98 Å². The zero-order chi connectivity index (χ0) is 13.7. The number of nitrogens with zero attached hydrogens (tertiary/aromatic N) is 2. The van der Waals surface area contributed by atoms with Gasteiger partial charge in [-0.3, -0.25) is 0 Å². The highest BCUT2D eigenvalue weighted by molar-refractivity contribution is 6.31. The van der Waals surface area contributed by atoms with Crippen LogP contribution in [-0.2, 0) is 11.3 Å². The van der Waals surface area contributed by atoms with Crippen molar-refractivity contribution in [3.8, 4) is 0 Å². The molecule has 0 spiro atoms. The lowest BCUT2D eigenvalue weighted by Crippen LogP contribution is -2.40. The van der Waals surface area contributed by atoms with Crippen LogP contribution in [0.1, 0.15) is 31.7 Å². The van der Waals surface area contributed by atoms with Gasteiger partial charge in [0.05, 0.1) is 17.7 Å². The van der Waals surface area contributed by atoms with Crippen molar-refractivity contribution in [2.75, 3.05) is 24.6 Å². The van der Waals surface area contributed by atoms with Gasteiger partial charge < -0.3 is 14.7 Å². The number of pyridine rings is 1. The molecular formula is C14H21ClN2O2. The summed E-state index contributed by atoms with van der Waals surface area (Å²) in [6.07, 6.45) is 5.15. The Hall–Kier alpha value is -0.840. The standard InChI is InChI=1S/C14H21ClN2O2/c1-2-6-19-12-4-3-5-17(9-12)14-7-11(10-18)13(15)8-16-14/h7-8,12,18H,2-6,9-10H2,1H3. The van der Waals surface area contributed by atoms with E-state index in [-0.39, 0.29) is 12.7 Å². The first-order chi connectivity index (χ1) is 9.24. The summed E-state index contributed by atoms with van der Waals surface area (Å²) in [5.74, 6) is 0.873. The van der Waals surface area contributed by atoms with Gasteiger partial charge in [0.15, 0.2) is 0 Å². The number of hydrogen-bond donors (Lipinski definition) is 1. The van der Waals surface area contributed by atoms with Gasteiger partial charge in [0, 0.05) is 31.5 Å². The fourth-order valence-electron chi connectivity index (χ4n) is 2.33. The molecule has 5 heteroatoms. The first kappa shape index (κ1) is 14.6. The number of aliphatic hydroxyl groups excluding tert-OH is 1. The minimum atomic E-state index is -0.0576. The Labute approximate surface area is 119 Å². The molecule has 1 aromatic heterocycles. The molecular weight excluding hydrogens is 264 g/mol. The van der Waals surface area contributed by atoms with Gasteiger partial charge >= 0.3 is 0 Å². The Bertz CT molecular complexity index is 414. The fraction of sp³-hybridized carbons (Fsp3) is 0.643. The smallest absolute Gasteiger partial charge is 0.129 e. The zero-order valence-electron chi connectivity index (χ0n) is 11.3. The van der Waals surface area contributed by atoms with Crippen LogP contribution in [0.5, 0.6) is 0 Å². The molecule has 0 amide bonds.